The molecule has 0 aliphatic carbocycles. The van der Waals surface area contributed by atoms with Crippen LogP contribution in [0.15, 0.2) is 53.7 Å². The summed E-state index contributed by atoms with van der Waals surface area (Å²) in [6, 6.07) is 13.1. The van der Waals surface area contributed by atoms with E-state index in [-0.39, 0.29) is 24.1 Å². The van der Waals surface area contributed by atoms with Crippen molar-refractivity contribution in [3.05, 3.63) is 74.1 Å². The molecule has 0 aliphatic heterocycles. The fraction of sp³-hybridized carbons (Fsp3) is 0.182. The van der Waals surface area contributed by atoms with Crippen LogP contribution in [-0.2, 0) is 23.2 Å². The number of anilines is 1. The molecule has 3 rings (SSSR count). The topological polar surface area (TPSA) is 88.9 Å². The van der Waals surface area contributed by atoms with Crippen molar-refractivity contribution in [1.29, 1.82) is 0 Å². The van der Waals surface area contributed by atoms with Crippen LogP contribution in [0.5, 0.6) is 0 Å². The van der Waals surface area contributed by atoms with E-state index in [1.807, 2.05) is 43.3 Å². The molecule has 0 saturated heterocycles. The van der Waals surface area contributed by atoms with E-state index in [0.717, 1.165) is 20.4 Å². The molecular weight excluding hydrogens is 561 g/mol. The highest BCUT2D eigenvalue weighted by Crippen LogP contribution is 2.20. The lowest BCUT2D eigenvalue weighted by Gasteiger charge is -2.08. The van der Waals surface area contributed by atoms with Crippen molar-refractivity contribution in [2.45, 2.75) is 18.6 Å². The molecule has 166 valence electrons. The molecule has 32 heavy (non-hydrogen) atoms. The van der Waals surface area contributed by atoms with Crippen molar-refractivity contribution in [1.82, 2.24) is 20.1 Å². The van der Waals surface area contributed by atoms with E-state index in [9.17, 15) is 9.59 Å². The molecule has 0 aliphatic rings. The first kappa shape index (κ1) is 24.3. The van der Waals surface area contributed by atoms with Gasteiger partial charge >= 0.3 is 0 Å². The number of nitrogens with zero attached hydrogens (tertiary/aromatic N) is 3. The number of hydrogen-bond acceptors (Lipinski definition) is 5. The second-order valence-electron chi connectivity index (χ2n) is 6.83. The Hall–Kier alpha value is -2.37. The van der Waals surface area contributed by atoms with Crippen LogP contribution in [0.4, 0.5) is 5.69 Å². The van der Waals surface area contributed by atoms with Crippen LogP contribution in [-0.4, -0.2) is 32.3 Å². The van der Waals surface area contributed by atoms with E-state index in [1.54, 1.807) is 23.8 Å². The first-order valence-corrected chi connectivity index (χ1v) is 12.0. The zero-order chi connectivity index (χ0) is 23.1. The van der Waals surface area contributed by atoms with Crippen molar-refractivity contribution < 1.29 is 9.59 Å². The van der Waals surface area contributed by atoms with Crippen molar-refractivity contribution >= 4 is 69.5 Å². The SMILES string of the molecule is Cc1cc(I)ccc1NC(=O)CSc1nnc(CNC(=O)/C=C/c2ccccc2Cl)n1C. The Balaban J connectivity index is 1.50. The fourth-order valence-electron chi connectivity index (χ4n) is 2.71. The van der Waals surface area contributed by atoms with Crippen LogP contribution >= 0.6 is 46.0 Å². The van der Waals surface area contributed by atoms with Gasteiger partial charge in [-0.3, -0.25) is 9.59 Å². The third-order valence-corrected chi connectivity index (χ3v) is 6.50. The summed E-state index contributed by atoms with van der Waals surface area (Å²) in [4.78, 5) is 24.4. The zero-order valence-electron chi connectivity index (χ0n) is 17.4. The molecular formula is C22H21ClIN5O2S. The van der Waals surface area contributed by atoms with Crippen LogP contribution in [0.2, 0.25) is 5.02 Å². The van der Waals surface area contributed by atoms with Gasteiger partial charge in [0.15, 0.2) is 11.0 Å². The van der Waals surface area contributed by atoms with E-state index in [2.05, 4.69) is 43.4 Å². The van der Waals surface area contributed by atoms with Gasteiger partial charge in [-0.2, -0.15) is 0 Å². The van der Waals surface area contributed by atoms with Gasteiger partial charge < -0.3 is 15.2 Å². The minimum absolute atomic E-state index is 0.123. The predicted octanol–water partition coefficient (Wildman–Crippen LogP) is 4.44. The molecule has 0 saturated carbocycles. The highest BCUT2D eigenvalue weighted by molar-refractivity contribution is 14.1. The van der Waals surface area contributed by atoms with E-state index < -0.39 is 0 Å². The van der Waals surface area contributed by atoms with Gasteiger partial charge in [-0.25, -0.2) is 0 Å². The number of nitrogens with one attached hydrogen (secondary N) is 2. The molecule has 1 aromatic heterocycles. The lowest BCUT2D eigenvalue weighted by Crippen LogP contribution is -2.22. The summed E-state index contributed by atoms with van der Waals surface area (Å²) in [6.45, 7) is 2.17. The number of amides is 2. The van der Waals surface area contributed by atoms with Crippen molar-refractivity contribution in [3.8, 4) is 0 Å². The number of thioether (sulfide) groups is 1. The number of halogens is 2. The van der Waals surface area contributed by atoms with E-state index in [4.69, 9.17) is 11.6 Å². The number of aryl methyl sites for hydroxylation is 1. The number of carbonyl (C=O) groups is 2. The second-order valence-corrected chi connectivity index (χ2v) is 9.42. The summed E-state index contributed by atoms with van der Waals surface area (Å²) in [5.74, 6) is 0.391. The minimum atomic E-state index is -0.269. The summed E-state index contributed by atoms with van der Waals surface area (Å²) >= 11 is 9.60. The molecule has 0 atom stereocenters. The standard InChI is InChI=1S/C22H21ClIN5O2S/c1-14-11-16(24)8-9-18(14)26-21(31)13-32-22-28-27-19(29(22)2)12-25-20(30)10-7-15-5-3-4-6-17(15)23/h3-11H,12-13H2,1-2H3,(H,25,30)(H,26,31)/b10-7+. The quantitative estimate of drug-likeness (QED) is 0.233. The fourth-order valence-corrected chi connectivity index (χ4v) is 4.28. The van der Waals surface area contributed by atoms with Crippen LogP contribution in [0.25, 0.3) is 6.08 Å². The first-order valence-electron chi connectivity index (χ1n) is 9.61. The lowest BCUT2D eigenvalue weighted by atomic mass is 10.2. The van der Waals surface area contributed by atoms with Crippen molar-refractivity contribution in [2.24, 2.45) is 7.05 Å². The maximum atomic E-state index is 12.3. The third-order valence-electron chi connectivity index (χ3n) is 4.46. The van der Waals surface area contributed by atoms with Crippen LogP contribution < -0.4 is 10.6 Å². The van der Waals surface area contributed by atoms with Gasteiger partial charge in [0.2, 0.25) is 11.8 Å². The van der Waals surface area contributed by atoms with E-state index >= 15 is 0 Å². The van der Waals surface area contributed by atoms with Gasteiger partial charge in [0.1, 0.15) is 0 Å². The minimum Gasteiger partial charge on any atom is -0.345 e. The summed E-state index contributed by atoms with van der Waals surface area (Å²) in [6.07, 6.45) is 3.08. The molecule has 0 fully saturated rings. The first-order chi connectivity index (χ1) is 15.3. The molecule has 0 radical (unpaired) electrons. The van der Waals surface area contributed by atoms with Gasteiger partial charge in [0.25, 0.3) is 0 Å². The largest absolute Gasteiger partial charge is 0.345 e. The summed E-state index contributed by atoms with van der Waals surface area (Å²) in [7, 11) is 1.80. The van der Waals surface area contributed by atoms with Crippen LogP contribution in [0.1, 0.15) is 17.0 Å². The maximum Gasteiger partial charge on any atom is 0.244 e. The van der Waals surface area contributed by atoms with E-state index in [1.165, 1.54) is 17.8 Å². The predicted molar refractivity (Wildman–Crippen MR) is 137 cm³/mol. The highest BCUT2D eigenvalue weighted by atomic mass is 127. The van der Waals surface area contributed by atoms with Crippen LogP contribution in [0.3, 0.4) is 0 Å². The van der Waals surface area contributed by atoms with Gasteiger partial charge in [-0.05, 0) is 71.0 Å². The smallest absolute Gasteiger partial charge is 0.244 e. The van der Waals surface area contributed by atoms with Crippen molar-refractivity contribution in [3.63, 3.8) is 0 Å². The third kappa shape index (κ3) is 6.81. The molecule has 2 aromatic carbocycles. The normalized spacial score (nSPS) is 11.0. The average molecular weight is 582 g/mol. The molecule has 1 heterocycles. The maximum absolute atomic E-state index is 12.3. The Labute approximate surface area is 209 Å². The summed E-state index contributed by atoms with van der Waals surface area (Å²) in [5.41, 5.74) is 2.57. The molecule has 3 aromatic rings. The monoisotopic (exact) mass is 581 g/mol. The number of benzene rings is 2. The Morgan fingerprint density at radius 1 is 1.22 bits per heavy atom. The lowest BCUT2D eigenvalue weighted by molar-refractivity contribution is -0.116. The van der Waals surface area contributed by atoms with Gasteiger partial charge in [-0.1, -0.05) is 41.6 Å². The number of hydrogen-bond donors (Lipinski definition) is 2. The van der Waals surface area contributed by atoms with Gasteiger partial charge in [0.05, 0.1) is 12.3 Å². The second kappa shape index (κ2) is 11.5. The number of carbonyl (C=O) groups excluding carboxylic acids is 2. The van der Waals surface area contributed by atoms with E-state index in [0.29, 0.717) is 16.0 Å². The molecule has 10 heteroatoms. The van der Waals surface area contributed by atoms with Crippen molar-refractivity contribution in [2.75, 3.05) is 11.1 Å². The average Bonchev–Trinajstić information content (AvgIpc) is 3.11. The Morgan fingerprint density at radius 2 is 2.00 bits per heavy atom. The number of rotatable bonds is 8. The molecule has 2 N–H and O–H groups in total. The highest BCUT2D eigenvalue weighted by Gasteiger charge is 2.13. The zero-order valence-corrected chi connectivity index (χ0v) is 21.2. The van der Waals surface area contributed by atoms with Crippen LogP contribution in [0, 0.1) is 10.5 Å². The molecule has 0 unspecified atom stereocenters. The Kier molecular flexibility index (Phi) is 8.71. The summed E-state index contributed by atoms with van der Waals surface area (Å²) < 4.78 is 2.87. The summed E-state index contributed by atoms with van der Waals surface area (Å²) in [5, 5.41) is 15.1. The number of aromatic nitrogens is 3. The molecule has 2 amide bonds. The Bertz CT molecular complexity index is 1160. The van der Waals surface area contributed by atoms with Gasteiger partial charge in [0, 0.05) is 27.4 Å². The Morgan fingerprint density at radius 3 is 2.75 bits per heavy atom. The molecule has 0 bridgehead atoms. The van der Waals surface area contributed by atoms with Gasteiger partial charge in [-0.15, -0.1) is 10.2 Å². The molecule has 7 nitrogen and oxygen atoms in total. The molecule has 0 spiro atoms.